The molecule has 5 heteroatoms. The summed E-state index contributed by atoms with van der Waals surface area (Å²) in [4.78, 5) is 12.4. The van der Waals surface area contributed by atoms with Crippen molar-refractivity contribution in [1.29, 1.82) is 0 Å². The van der Waals surface area contributed by atoms with Crippen molar-refractivity contribution in [2.45, 2.75) is 32.4 Å². The first kappa shape index (κ1) is 13.2. The van der Waals surface area contributed by atoms with Gasteiger partial charge in [-0.3, -0.25) is 4.79 Å². The van der Waals surface area contributed by atoms with E-state index in [1.165, 1.54) is 0 Å². The molecule has 2 aliphatic rings. The summed E-state index contributed by atoms with van der Waals surface area (Å²) in [7, 11) is 0. The first-order chi connectivity index (χ1) is 9.65. The van der Waals surface area contributed by atoms with Crippen LogP contribution in [-0.2, 0) is 0 Å². The lowest BCUT2D eigenvalue weighted by atomic mass is 9.89. The molecule has 2 heterocycles. The first-order valence-corrected chi connectivity index (χ1v) is 7.09. The minimum atomic E-state index is -0.0595. The molecule has 1 amide bonds. The zero-order chi connectivity index (χ0) is 14.1. The summed E-state index contributed by atoms with van der Waals surface area (Å²) in [6, 6.07) is 5.74. The van der Waals surface area contributed by atoms with Gasteiger partial charge in [0.2, 0.25) is 6.79 Å². The number of piperidine rings is 1. The third-order valence-electron chi connectivity index (χ3n) is 4.15. The lowest BCUT2D eigenvalue weighted by Gasteiger charge is -2.36. The Hall–Kier alpha value is -1.75. The van der Waals surface area contributed by atoms with Crippen molar-refractivity contribution in [1.82, 2.24) is 10.6 Å². The molecule has 2 N–H and O–H groups in total. The van der Waals surface area contributed by atoms with Gasteiger partial charge in [-0.05, 0) is 44.0 Å². The molecule has 5 nitrogen and oxygen atoms in total. The Morgan fingerprint density at radius 1 is 1.30 bits per heavy atom. The topological polar surface area (TPSA) is 59.6 Å². The number of carbonyl (C=O) groups is 1. The Kier molecular flexibility index (Phi) is 3.53. The number of carbonyl (C=O) groups excluding carboxylic acids is 1. The molecule has 0 aliphatic carbocycles. The van der Waals surface area contributed by atoms with Crippen LogP contribution in [0.1, 0.15) is 30.6 Å². The number of hydrogen-bond acceptors (Lipinski definition) is 4. The van der Waals surface area contributed by atoms with E-state index in [0.717, 1.165) is 13.0 Å². The fraction of sp³-hybridized carbons (Fsp3) is 0.533. The van der Waals surface area contributed by atoms with Crippen LogP contribution in [0, 0.1) is 5.92 Å². The van der Waals surface area contributed by atoms with Gasteiger partial charge in [0, 0.05) is 17.6 Å². The summed E-state index contributed by atoms with van der Waals surface area (Å²) in [5.41, 5.74) is 0.610. The molecule has 0 aromatic heterocycles. The number of fused-ring (bicyclic) bond motifs is 1. The normalized spacial score (nSPS) is 28.2. The van der Waals surface area contributed by atoms with Crippen LogP contribution in [0.25, 0.3) is 0 Å². The third kappa shape index (κ3) is 2.45. The monoisotopic (exact) mass is 276 g/mol. The molecule has 20 heavy (non-hydrogen) atoms. The summed E-state index contributed by atoms with van der Waals surface area (Å²) in [5, 5.41) is 6.53. The maximum atomic E-state index is 12.4. The predicted molar refractivity (Wildman–Crippen MR) is 75.1 cm³/mol. The van der Waals surface area contributed by atoms with Gasteiger partial charge in [0.15, 0.2) is 11.5 Å². The second-order valence-corrected chi connectivity index (χ2v) is 5.58. The second kappa shape index (κ2) is 5.32. The summed E-state index contributed by atoms with van der Waals surface area (Å²) < 4.78 is 10.6. The second-order valence-electron chi connectivity index (χ2n) is 5.58. The fourth-order valence-electron chi connectivity index (χ4n) is 2.88. The van der Waals surface area contributed by atoms with Gasteiger partial charge in [-0.2, -0.15) is 0 Å². The average molecular weight is 276 g/mol. The Labute approximate surface area is 118 Å². The number of amides is 1. The van der Waals surface area contributed by atoms with E-state index in [2.05, 4.69) is 24.5 Å². The molecular weight excluding hydrogens is 256 g/mol. The number of ether oxygens (including phenoxy) is 2. The highest BCUT2D eigenvalue weighted by Gasteiger charge is 2.29. The number of nitrogens with one attached hydrogen (secondary N) is 2. The molecule has 0 spiro atoms. The molecule has 1 saturated heterocycles. The Balaban J connectivity index is 1.72. The quantitative estimate of drug-likeness (QED) is 0.860. The van der Waals surface area contributed by atoms with Gasteiger partial charge in [0.05, 0.1) is 0 Å². The summed E-state index contributed by atoms with van der Waals surface area (Å²) in [5.74, 6) is 1.75. The van der Waals surface area contributed by atoms with Crippen molar-refractivity contribution < 1.29 is 14.3 Å². The van der Waals surface area contributed by atoms with Gasteiger partial charge in [-0.15, -0.1) is 0 Å². The van der Waals surface area contributed by atoms with Crippen molar-refractivity contribution in [3.8, 4) is 11.5 Å². The van der Waals surface area contributed by atoms with Gasteiger partial charge >= 0.3 is 0 Å². The molecule has 0 bridgehead atoms. The van der Waals surface area contributed by atoms with Gasteiger partial charge in [-0.25, -0.2) is 0 Å². The largest absolute Gasteiger partial charge is 0.454 e. The molecule has 3 unspecified atom stereocenters. The van der Waals surface area contributed by atoms with E-state index in [9.17, 15) is 4.79 Å². The molecule has 1 fully saturated rings. The molecule has 3 rings (SSSR count). The van der Waals surface area contributed by atoms with Crippen LogP contribution in [0.15, 0.2) is 18.2 Å². The SMILES string of the molecule is CC1CCNC(C)C1NC(=O)c1ccc2c(c1)OCO2. The van der Waals surface area contributed by atoms with Crippen molar-refractivity contribution in [2.24, 2.45) is 5.92 Å². The van der Waals surface area contributed by atoms with E-state index < -0.39 is 0 Å². The molecule has 3 atom stereocenters. The van der Waals surface area contributed by atoms with Crippen molar-refractivity contribution in [3.63, 3.8) is 0 Å². The molecule has 2 aliphatic heterocycles. The Morgan fingerprint density at radius 2 is 2.10 bits per heavy atom. The molecule has 0 radical (unpaired) electrons. The molecular formula is C15H20N2O3. The van der Waals surface area contributed by atoms with E-state index in [0.29, 0.717) is 23.0 Å². The van der Waals surface area contributed by atoms with Crippen molar-refractivity contribution >= 4 is 5.91 Å². The Bertz CT molecular complexity index is 508. The highest BCUT2D eigenvalue weighted by atomic mass is 16.7. The maximum absolute atomic E-state index is 12.4. The minimum Gasteiger partial charge on any atom is -0.454 e. The van der Waals surface area contributed by atoms with Crippen LogP contribution in [-0.4, -0.2) is 31.3 Å². The van der Waals surface area contributed by atoms with Gasteiger partial charge < -0.3 is 20.1 Å². The van der Waals surface area contributed by atoms with Crippen LogP contribution in [0.3, 0.4) is 0 Å². The standard InChI is InChI=1S/C15H20N2O3/c1-9-5-6-16-10(2)14(9)17-15(18)11-3-4-12-13(7-11)20-8-19-12/h3-4,7,9-10,14,16H,5-6,8H2,1-2H3,(H,17,18). The minimum absolute atomic E-state index is 0.0595. The number of rotatable bonds is 2. The highest BCUT2D eigenvalue weighted by molar-refractivity contribution is 5.95. The van der Waals surface area contributed by atoms with E-state index in [1.54, 1.807) is 18.2 Å². The smallest absolute Gasteiger partial charge is 0.251 e. The maximum Gasteiger partial charge on any atom is 0.251 e. The zero-order valence-electron chi connectivity index (χ0n) is 11.8. The average Bonchev–Trinajstić information content (AvgIpc) is 2.90. The molecule has 1 aromatic carbocycles. The predicted octanol–water partition coefficient (Wildman–Crippen LogP) is 1.53. The highest BCUT2D eigenvalue weighted by Crippen LogP contribution is 2.32. The third-order valence-corrected chi connectivity index (χ3v) is 4.15. The van der Waals surface area contributed by atoms with Crippen molar-refractivity contribution in [2.75, 3.05) is 13.3 Å². The molecule has 1 aromatic rings. The van der Waals surface area contributed by atoms with E-state index >= 15 is 0 Å². The van der Waals surface area contributed by atoms with Crippen LogP contribution >= 0.6 is 0 Å². The summed E-state index contributed by atoms with van der Waals surface area (Å²) >= 11 is 0. The van der Waals surface area contributed by atoms with Crippen LogP contribution < -0.4 is 20.1 Å². The van der Waals surface area contributed by atoms with E-state index in [-0.39, 0.29) is 24.8 Å². The van der Waals surface area contributed by atoms with Crippen LogP contribution in [0.5, 0.6) is 11.5 Å². The van der Waals surface area contributed by atoms with Crippen LogP contribution in [0.4, 0.5) is 0 Å². The Morgan fingerprint density at radius 3 is 2.90 bits per heavy atom. The van der Waals surface area contributed by atoms with Gasteiger partial charge in [0.1, 0.15) is 0 Å². The fourth-order valence-corrected chi connectivity index (χ4v) is 2.88. The molecule has 0 saturated carbocycles. The van der Waals surface area contributed by atoms with E-state index in [4.69, 9.17) is 9.47 Å². The zero-order valence-corrected chi connectivity index (χ0v) is 11.8. The lowest BCUT2D eigenvalue weighted by molar-refractivity contribution is 0.0897. The number of hydrogen-bond donors (Lipinski definition) is 2. The van der Waals surface area contributed by atoms with Gasteiger partial charge in [-0.1, -0.05) is 6.92 Å². The van der Waals surface area contributed by atoms with E-state index in [1.807, 2.05) is 0 Å². The van der Waals surface area contributed by atoms with Crippen molar-refractivity contribution in [3.05, 3.63) is 23.8 Å². The lowest BCUT2D eigenvalue weighted by Crippen LogP contribution is -2.55. The van der Waals surface area contributed by atoms with Crippen LogP contribution in [0.2, 0.25) is 0 Å². The summed E-state index contributed by atoms with van der Waals surface area (Å²) in [6.45, 7) is 5.53. The number of benzene rings is 1. The summed E-state index contributed by atoms with van der Waals surface area (Å²) in [6.07, 6.45) is 1.08. The molecule has 108 valence electrons. The van der Waals surface area contributed by atoms with Gasteiger partial charge in [0.25, 0.3) is 5.91 Å². The first-order valence-electron chi connectivity index (χ1n) is 7.09.